The smallest absolute Gasteiger partial charge is 0.410 e. The lowest BCUT2D eigenvalue weighted by atomic mass is 9.93. The van der Waals surface area contributed by atoms with Gasteiger partial charge in [0.2, 0.25) is 5.91 Å². The minimum absolute atomic E-state index is 0.0813. The van der Waals surface area contributed by atoms with Crippen LogP contribution in [0, 0.1) is 11.7 Å². The summed E-state index contributed by atoms with van der Waals surface area (Å²) in [4.78, 5) is 36.7. The number of carbonyl (C=O) groups is 2. The van der Waals surface area contributed by atoms with Crippen LogP contribution in [0.5, 0.6) is 5.75 Å². The van der Waals surface area contributed by atoms with Crippen molar-refractivity contribution in [1.82, 2.24) is 14.7 Å². The summed E-state index contributed by atoms with van der Waals surface area (Å²) < 4.78 is 18.8. The highest BCUT2D eigenvalue weighted by Crippen LogP contribution is 2.34. The summed E-state index contributed by atoms with van der Waals surface area (Å²) in [6.07, 6.45) is 3.96. The van der Waals surface area contributed by atoms with Crippen molar-refractivity contribution < 1.29 is 18.7 Å². The zero-order chi connectivity index (χ0) is 28.8. The number of hydrogen-bond acceptors (Lipinski definition) is 6. The quantitative estimate of drug-likeness (QED) is 0.474. The minimum atomic E-state index is -0.572. The highest BCUT2D eigenvalue weighted by Gasteiger charge is 2.42. The summed E-state index contributed by atoms with van der Waals surface area (Å²) in [6.45, 7) is 8.14. The lowest BCUT2D eigenvalue weighted by Crippen LogP contribution is -2.45. The Morgan fingerprint density at radius 1 is 1.10 bits per heavy atom. The second-order valence-electron chi connectivity index (χ2n) is 10.2. The molecular formula is C30H35ClFN5O3. The summed E-state index contributed by atoms with van der Waals surface area (Å²) >= 11 is 6.12. The summed E-state index contributed by atoms with van der Waals surface area (Å²) in [5, 5.41) is 0.613. The molecule has 40 heavy (non-hydrogen) atoms. The number of ether oxygens (including phenoxy) is 1. The van der Waals surface area contributed by atoms with Gasteiger partial charge in [-0.2, -0.15) is 0 Å². The first kappa shape index (κ1) is 29.1. The van der Waals surface area contributed by atoms with Crippen molar-refractivity contribution in [3.8, 4) is 5.75 Å². The predicted octanol–water partition coefficient (Wildman–Crippen LogP) is 5.02. The number of carbonyl (C=O) groups excluding carboxylic acids is 2. The largest absolute Gasteiger partial charge is 0.415 e. The fraction of sp³-hybridized carbons (Fsp3) is 0.367. The lowest BCUT2D eigenvalue weighted by Gasteiger charge is -2.34. The Morgan fingerprint density at radius 2 is 1.75 bits per heavy atom. The van der Waals surface area contributed by atoms with Crippen molar-refractivity contribution in [2.24, 2.45) is 16.6 Å². The van der Waals surface area contributed by atoms with Crippen LogP contribution in [0.3, 0.4) is 0 Å². The number of amides is 2. The van der Waals surface area contributed by atoms with Gasteiger partial charge in [0.15, 0.2) is 0 Å². The Labute approximate surface area is 239 Å². The third-order valence-electron chi connectivity index (χ3n) is 7.56. The zero-order valence-electron chi connectivity index (χ0n) is 22.8. The maximum Gasteiger partial charge on any atom is 0.415 e. The Morgan fingerprint density at radius 3 is 2.38 bits per heavy atom. The van der Waals surface area contributed by atoms with E-state index in [9.17, 15) is 14.0 Å². The normalized spacial score (nSPS) is 20.1. The highest BCUT2D eigenvalue weighted by atomic mass is 35.5. The van der Waals surface area contributed by atoms with Gasteiger partial charge in [0.05, 0.1) is 6.04 Å². The van der Waals surface area contributed by atoms with Crippen molar-refractivity contribution in [3.05, 3.63) is 89.6 Å². The monoisotopic (exact) mass is 567 g/mol. The van der Waals surface area contributed by atoms with E-state index in [1.807, 2.05) is 36.1 Å². The van der Waals surface area contributed by atoms with Crippen LogP contribution in [-0.2, 0) is 4.79 Å². The van der Waals surface area contributed by atoms with Crippen LogP contribution in [0.4, 0.5) is 9.18 Å². The summed E-state index contributed by atoms with van der Waals surface area (Å²) in [5.41, 5.74) is 7.19. The van der Waals surface area contributed by atoms with Crippen LogP contribution in [0.2, 0.25) is 5.02 Å². The second kappa shape index (κ2) is 13.0. The number of nitrogens with zero attached hydrogens (tertiary/aromatic N) is 4. The number of likely N-dealkylation sites (tertiary alicyclic amines) is 2. The van der Waals surface area contributed by atoms with Gasteiger partial charge in [-0.1, -0.05) is 30.3 Å². The van der Waals surface area contributed by atoms with Crippen molar-refractivity contribution in [1.29, 1.82) is 0 Å². The number of rotatable bonds is 7. The van der Waals surface area contributed by atoms with Crippen LogP contribution in [-0.4, -0.2) is 71.7 Å². The van der Waals surface area contributed by atoms with Crippen molar-refractivity contribution >= 4 is 29.3 Å². The van der Waals surface area contributed by atoms with E-state index in [1.165, 1.54) is 35.4 Å². The number of aliphatic imine (C=N–C) groups is 1. The number of piperidine rings is 1. The van der Waals surface area contributed by atoms with Gasteiger partial charge in [0.1, 0.15) is 17.4 Å². The number of hydrogen-bond donors (Lipinski definition) is 1. The number of halogens is 2. The van der Waals surface area contributed by atoms with Gasteiger partial charge in [0, 0.05) is 55.8 Å². The van der Waals surface area contributed by atoms with Crippen LogP contribution in [0.1, 0.15) is 31.2 Å². The number of allylic oxidation sites excluding steroid dienone is 1. The van der Waals surface area contributed by atoms with E-state index in [-0.39, 0.29) is 29.5 Å². The molecule has 0 aromatic heterocycles. The van der Waals surface area contributed by atoms with E-state index < -0.39 is 11.9 Å². The summed E-state index contributed by atoms with van der Waals surface area (Å²) in [6, 6.07) is 12.5. The molecule has 0 saturated carbocycles. The van der Waals surface area contributed by atoms with Gasteiger partial charge < -0.3 is 25.2 Å². The molecule has 2 saturated heterocycles. The molecule has 2 amide bonds. The molecule has 0 aliphatic carbocycles. The molecule has 0 spiro atoms. The van der Waals surface area contributed by atoms with Crippen molar-refractivity contribution in [2.45, 2.75) is 31.7 Å². The molecule has 2 aromatic rings. The fourth-order valence-electron chi connectivity index (χ4n) is 5.30. The predicted molar refractivity (Wildman–Crippen MR) is 155 cm³/mol. The zero-order valence-corrected chi connectivity index (χ0v) is 23.6. The average molecular weight is 568 g/mol. The highest BCUT2D eigenvalue weighted by molar-refractivity contribution is 6.30. The average Bonchev–Trinajstić information content (AvgIpc) is 3.39. The molecule has 0 unspecified atom stereocenters. The standard InChI is InChI=1S/C30H35ClFN5O3/c1-20(12-15-33)34-21(2)36-16-13-23(14-17-36)29(38)37-18-27(22-4-6-24(31)7-5-22)28(19-37)35(3)30(39)40-26-10-8-25(32)9-11-26/h4-12,15,23,27-28H,2,13-14,16-19,33H2,1,3H3/b15-12-,34-20-/t27-,28+/m0/s1. The maximum absolute atomic E-state index is 13.7. The van der Waals surface area contributed by atoms with E-state index in [4.69, 9.17) is 22.1 Å². The first-order valence-electron chi connectivity index (χ1n) is 13.3. The molecule has 10 heteroatoms. The number of likely N-dealkylation sites (N-methyl/N-ethyl adjacent to an activating group) is 1. The van der Waals surface area contributed by atoms with E-state index in [1.54, 1.807) is 13.1 Å². The third-order valence-corrected chi connectivity index (χ3v) is 7.81. The van der Waals surface area contributed by atoms with E-state index in [0.717, 1.165) is 11.3 Å². The van der Waals surface area contributed by atoms with Crippen LogP contribution < -0.4 is 10.5 Å². The molecule has 2 fully saturated rings. The molecule has 0 bridgehead atoms. The molecule has 2 aliphatic rings. The van der Waals surface area contributed by atoms with Gasteiger partial charge in [-0.3, -0.25) is 4.79 Å². The van der Waals surface area contributed by atoms with Gasteiger partial charge in [-0.15, -0.1) is 0 Å². The van der Waals surface area contributed by atoms with E-state index in [0.29, 0.717) is 49.9 Å². The molecule has 2 heterocycles. The second-order valence-corrected chi connectivity index (χ2v) is 10.6. The van der Waals surface area contributed by atoms with Crippen LogP contribution >= 0.6 is 11.6 Å². The molecule has 4 rings (SSSR count). The minimum Gasteiger partial charge on any atom is -0.410 e. The number of benzene rings is 2. The lowest BCUT2D eigenvalue weighted by molar-refractivity contribution is -0.136. The van der Waals surface area contributed by atoms with Gasteiger partial charge in [0.25, 0.3) is 0 Å². The van der Waals surface area contributed by atoms with Crippen LogP contribution in [0.15, 0.2) is 78.2 Å². The van der Waals surface area contributed by atoms with Crippen molar-refractivity contribution in [2.75, 3.05) is 33.2 Å². The summed E-state index contributed by atoms with van der Waals surface area (Å²) in [5.74, 6) is 0.324. The van der Waals surface area contributed by atoms with E-state index >= 15 is 0 Å². The first-order valence-corrected chi connectivity index (χ1v) is 13.7. The Balaban J connectivity index is 1.44. The molecule has 2 aromatic carbocycles. The van der Waals surface area contributed by atoms with Gasteiger partial charge in [-0.05, 0) is 74.0 Å². The molecule has 0 radical (unpaired) electrons. The molecular weight excluding hydrogens is 533 g/mol. The van der Waals surface area contributed by atoms with Gasteiger partial charge in [-0.25, -0.2) is 14.2 Å². The first-order chi connectivity index (χ1) is 19.2. The Bertz CT molecular complexity index is 1270. The molecule has 212 valence electrons. The molecule has 8 nitrogen and oxygen atoms in total. The fourth-order valence-corrected chi connectivity index (χ4v) is 5.43. The van der Waals surface area contributed by atoms with Crippen molar-refractivity contribution in [3.63, 3.8) is 0 Å². The van der Waals surface area contributed by atoms with Gasteiger partial charge >= 0.3 is 6.09 Å². The maximum atomic E-state index is 13.7. The topological polar surface area (TPSA) is 91.5 Å². The summed E-state index contributed by atoms with van der Waals surface area (Å²) in [7, 11) is 1.67. The third kappa shape index (κ3) is 7.01. The SMILES string of the molecule is C=C(/N=C(C)\C=C/N)N1CCC(C(=O)N2C[C@@H](N(C)C(=O)Oc3ccc(F)cc3)[C@H](c3ccc(Cl)cc3)C2)CC1. The van der Waals surface area contributed by atoms with Crippen LogP contribution in [0.25, 0.3) is 0 Å². The van der Waals surface area contributed by atoms with E-state index in [2.05, 4.69) is 16.5 Å². The Hall–Kier alpha value is -3.85. The number of nitrogens with two attached hydrogens (primary N) is 1. The Kier molecular flexibility index (Phi) is 9.47. The molecule has 2 N–H and O–H groups in total. The molecule has 2 atom stereocenters. The molecule has 2 aliphatic heterocycles.